The molecule has 6 aromatic carbocycles. The van der Waals surface area contributed by atoms with Crippen LogP contribution in [0.15, 0.2) is 121 Å². The maximum absolute atomic E-state index is 2.58. The molecule has 0 saturated heterocycles. The van der Waals surface area contributed by atoms with Gasteiger partial charge in [0.25, 0.3) is 0 Å². The van der Waals surface area contributed by atoms with E-state index in [-0.39, 0.29) is 16.5 Å². The minimum atomic E-state index is -0.0892. The Hall–Kier alpha value is -5.08. The average molecular weight is 665 g/mol. The average Bonchev–Trinajstić information content (AvgIpc) is 3.34. The topological polar surface area (TPSA) is 6.48 Å². The van der Waals surface area contributed by atoms with Crippen molar-refractivity contribution < 1.29 is 0 Å². The summed E-state index contributed by atoms with van der Waals surface area (Å²) in [6.45, 7) is 14.3. The fourth-order valence-electron chi connectivity index (χ4n) is 9.29. The number of fused-ring (bicyclic) bond motifs is 6. The maximum atomic E-state index is 2.58. The fourth-order valence-corrected chi connectivity index (χ4v) is 9.29. The molecular weight excluding hydrogens is 617 g/mol. The Morgan fingerprint density at radius 3 is 1.59 bits per heavy atom. The van der Waals surface area contributed by atoms with E-state index in [0.29, 0.717) is 0 Å². The summed E-state index contributed by atoms with van der Waals surface area (Å²) in [4.78, 5) is 5.12. The number of para-hydroxylation sites is 2. The van der Waals surface area contributed by atoms with Gasteiger partial charge in [-0.1, -0.05) is 105 Å². The molecule has 0 amide bonds. The van der Waals surface area contributed by atoms with E-state index in [4.69, 9.17) is 0 Å². The van der Waals surface area contributed by atoms with Gasteiger partial charge in [0.2, 0.25) is 0 Å². The number of aryl methyl sites for hydroxylation is 2. The molecule has 2 heterocycles. The Kier molecular flexibility index (Phi) is 7.17. The SMILES string of the molecule is CC1(C)c2cc(/C=C/c3ccc4cc(N5c6ccccc6CCC5(C)C)ccc4c3)ccc2-c2ccc(N3c4ccccc4CCC3(C)C)cc21. The molecule has 9 rings (SSSR count). The number of rotatable bonds is 4. The third kappa shape index (κ3) is 5.22. The van der Waals surface area contributed by atoms with E-state index >= 15 is 0 Å². The smallest absolute Gasteiger partial charge is 0.0448 e. The van der Waals surface area contributed by atoms with Gasteiger partial charge in [-0.05, 0) is 151 Å². The maximum Gasteiger partial charge on any atom is 0.0448 e. The molecule has 2 heteroatoms. The highest BCUT2D eigenvalue weighted by Crippen LogP contribution is 2.52. The molecule has 3 aliphatic rings. The molecule has 2 aliphatic heterocycles. The van der Waals surface area contributed by atoms with E-state index in [2.05, 4.69) is 185 Å². The van der Waals surface area contributed by atoms with Crippen molar-refractivity contribution in [2.45, 2.75) is 83.7 Å². The molecule has 0 N–H and O–H groups in total. The Morgan fingerprint density at radius 2 is 0.941 bits per heavy atom. The minimum Gasteiger partial charge on any atom is -0.336 e. The van der Waals surface area contributed by atoms with E-state index in [0.717, 1.165) is 25.7 Å². The van der Waals surface area contributed by atoms with Crippen molar-refractivity contribution in [1.29, 1.82) is 0 Å². The van der Waals surface area contributed by atoms with Gasteiger partial charge in [0.05, 0.1) is 0 Å². The van der Waals surface area contributed by atoms with Crippen LogP contribution < -0.4 is 9.80 Å². The van der Waals surface area contributed by atoms with Crippen LogP contribution in [0.3, 0.4) is 0 Å². The summed E-state index contributed by atoms with van der Waals surface area (Å²) in [5.74, 6) is 0. The lowest BCUT2D eigenvalue weighted by atomic mass is 9.81. The lowest BCUT2D eigenvalue weighted by Crippen LogP contribution is -2.44. The summed E-state index contributed by atoms with van der Waals surface area (Å²) < 4.78 is 0. The van der Waals surface area contributed by atoms with Crippen LogP contribution in [-0.4, -0.2) is 11.1 Å². The Morgan fingerprint density at radius 1 is 0.471 bits per heavy atom. The first-order valence-electron chi connectivity index (χ1n) is 18.8. The molecule has 0 bridgehead atoms. The Labute approximate surface area is 304 Å². The van der Waals surface area contributed by atoms with Crippen LogP contribution in [0.4, 0.5) is 22.7 Å². The van der Waals surface area contributed by atoms with Crippen molar-refractivity contribution in [3.8, 4) is 11.1 Å². The standard InChI is InChI=1S/C49H48N2/c1-47(2)27-25-35-11-7-9-13-45(35)50(47)39-21-20-37-29-33(17-19-38(37)31-39)15-16-34-18-23-41-42-24-22-40(32-44(42)49(5,6)43(41)30-34)51-46-14-10-8-12-36(46)26-28-48(51,3)4/h7-24,29-32H,25-28H2,1-6H3/b16-15+. The van der Waals surface area contributed by atoms with Crippen LogP contribution in [0.1, 0.15) is 87.8 Å². The van der Waals surface area contributed by atoms with Crippen LogP contribution in [0.2, 0.25) is 0 Å². The Balaban J connectivity index is 0.994. The molecular formula is C49H48N2. The third-order valence-corrected chi connectivity index (χ3v) is 12.2. The first kappa shape index (κ1) is 31.9. The first-order valence-corrected chi connectivity index (χ1v) is 18.8. The van der Waals surface area contributed by atoms with Crippen LogP contribution >= 0.6 is 0 Å². The van der Waals surface area contributed by atoms with E-state index < -0.39 is 0 Å². The van der Waals surface area contributed by atoms with Crippen molar-refractivity contribution in [3.63, 3.8) is 0 Å². The van der Waals surface area contributed by atoms with E-state index in [1.54, 1.807) is 0 Å². The molecule has 0 fully saturated rings. The van der Waals surface area contributed by atoms with Gasteiger partial charge in [-0.25, -0.2) is 0 Å². The fraction of sp³-hybridized carbons (Fsp3) is 0.265. The number of benzene rings is 6. The first-order chi connectivity index (χ1) is 24.5. The lowest BCUT2D eigenvalue weighted by molar-refractivity contribution is 0.447. The van der Waals surface area contributed by atoms with E-state index in [1.807, 2.05) is 0 Å². The van der Waals surface area contributed by atoms with Crippen LogP contribution in [0.5, 0.6) is 0 Å². The van der Waals surface area contributed by atoms with Gasteiger partial charge in [0.15, 0.2) is 0 Å². The molecule has 0 spiro atoms. The summed E-state index contributed by atoms with van der Waals surface area (Å²) >= 11 is 0. The second kappa shape index (κ2) is 11.5. The normalized spacial score (nSPS) is 18.0. The highest BCUT2D eigenvalue weighted by molar-refractivity contribution is 5.91. The van der Waals surface area contributed by atoms with E-state index in [1.165, 1.54) is 78.0 Å². The molecule has 6 aromatic rings. The number of nitrogens with zero attached hydrogens (tertiary/aromatic N) is 2. The molecule has 2 nitrogen and oxygen atoms in total. The van der Waals surface area contributed by atoms with Crippen molar-refractivity contribution in [2.75, 3.05) is 9.80 Å². The lowest BCUT2D eigenvalue weighted by Gasteiger charge is -2.45. The zero-order valence-electron chi connectivity index (χ0n) is 30.9. The van der Waals surface area contributed by atoms with Crippen LogP contribution in [0, 0.1) is 0 Å². The van der Waals surface area contributed by atoms with Crippen LogP contribution in [-0.2, 0) is 18.3 Å². The zero-order valence-corrected chi connectivity index (χ0v) is 30.9. The van der Waals surface area contributed by atoms with Crippen LogP contribution in [0.25, 0.3) is 34.1 Å². The predicted octanol–water partition coefficient (Wildman–Crippen LogP) is 13.0. The van der Waals surface area contributed by atoms with Gasteiger partial charge in [-0.2, -0.15) is 0 Å². The van der Waals surface area contributed by atoms with Gasteiger partial charge < -0.3 is 9.80 Å². The van der Waals surface area contributed by atoms with Gasteiger partial charge in [0, 0.05) is 39.2 Å². The number of hydrogen-bond donors (Lipinski definition) is 0. The third-order valence-electron chi connectivity index (χ3n) is 12.2. The molecule has 0 radical (unpaired) electrons. The molecule has 0 saturated carbocycles. The monoisotopic (exact) mass is 664 g/mol. The molecule has 0 atom stereocenters. The quantitative estimate of drug-likeness (QED) is 0.173. The second-order valence-corrected chi connectivity index (χ2v) is 16.8. The molecule has 254 valence electrons. The molecule has 0 aromatic heterocycles. The second-order valence-electron chi connectivity index (χ2n) is 16.8. The van der Waals surface area contributed by atoms with E-state index in [9.17, 15) is 0 Å². The summed E-state index contributed by atoms with van der Waals surface area (Å²) in [6, 6.07) is 45.9. The highest BCUT2D eigenvalue weighted by atomic mass is 15.2. The van der Waals surface area contributed by atoms with Crippen molar-refractivity contribution >= 4 is 45.7 Å². The van der Waals surface area contributed by atoms with Gasteiger partial charge in [-0.3, -0.25) is 0 Å². The zero-order chi connectivity index (χ0) is 35.1. The Bertz CT molecular complexity index is 2370. The summed E-state index contributed by atoms with van der Waals surface area (Å²) in [5.41, 5.74) is 16.2. The van der Waals surface area contributed by atoms with Crippen molar-refractivity contribution in [1.82, 2.24) is 0 Å². The summed E-state index contributed by atoms with van der Waals surface area (Å²) in [5, 5.41) is 2.54. The molecule has 51 heavy (non-hydrogen) atoms. The summed E-state index contributed by atoms with van der Waals surface area (Å²) in [7, 11) is 0. The molecule has 1 aliphatic carbocycles. The van der Waals surface area contributed by atoms with Crippen molar-refractivity contribution in [3.05, 3.63) is 155 Å². The number of anilines is 4. The highest BCUT2D eigenvalue weighted by Gasteiger charge is 2.39. The summed E-state index contributed by atoms with van der Waals surface area (Å²) in [6.07, 6.45) is 9.09. The van der Waals surface area contributed by atoms with Gasteiger partial charge >= 0.3 is 0 Å². The van der Waals surface area contributed by atoms with Gasteiger partial charge in [0.1, 0.15) is 0 Å². The van der Waals surface area contributed by atoms with Gasteiger partial charge in [-0.15, -0.1) is 0 Å². The molecule has 0 unspecified atom stereocenters. The largest absolute Gasteiger partial charge is 0.336 e. The number of hydrogen-bond acceptors (Lipinski definition) is 2. The van der Waals surface area contributed by atoms with Crippen molar-refractivity contribution in [2.24, 2.45) is 0 Å². The minimum absolute atomic E-state index is 0.0532. The predicted molar refractivity (Wildman–Crippen MR) is 219 cm³/mol.